The van der Waals surface area contributed by atoms with E-state index >= 15 is 0 Å². The second-order valence-corrected chi connectivity index (χ2v) is 3.32. The predicted octanol–water partition coefficient (Wildman–Crippen LogP) is 3.91. The van der Waals surface area contributed by atoms with Crippen LogP contribution in [0.1, 0.15) is 19.4 Å². The van der Waals surface area contributed by atoms with Crippen LogP contribution in [0.15, 0.2) is 48.6 Å². The largest absolute Gasteiger partial charge is 0.102 e. The van der Waals surface area contributed by atoms with E-state index in [1.54, 1.807) is 0 Å². The molecule has 0 nitrogen and oxygen atoms in total. The van der Waals surface area contributed by atoms with Crippen molar-refractivity contribution in [2.75, 3.05) is 0 Å². The molecular weight excluding hydrogens is 156 g/mol. The van der Waals surface area contributed by atoms with Crippen molar-refractivity contribution < 1.29 is 0 Å². The van der Waals surface area contributed by atoms with Crippen LogP contribution in [0.4, 0.5) is 0 Å². The van der Waals surface area contributed by atoms with Crippen molar-refractivity contribution in [3.8, 4) is 0 Å². The van der Waals surface area contributed by atoms with Gasteiger partial charge in [-0.2, -0.15) is 0 Å². The SMILES string of the molecule is C=CC(C)/C(C)=C/c1ccccc1. The van der Waals surface area contributed by atoms with Gasteiger partial charge >= 0.3 is 0 Å². The maximum Gasteiger partial charge on any atom is -0.00538 e. The Kier molecular flexibility index (Phi) is 3.51. The number of benzene rings is 1. The first kappa shape index (κ1) is 9.79. The van der Waals surface area contributed by atoms with E-state index in [1.807, 2.05) is 12.1 Å². The molecule has 1 rings (SSSR count). The summed E-state index contributed by atoms with van der Waals surface area (Å²) in [6.07, 6.45) is 4.17. The lowest BCUT2D eigenvalue weighted by molar-refractivity contribution is 0.874. The van der Waals surface area contributed by atoms with E-state index in [2.05, 4.69) is 50.8 Å². The standard InChI is InChI=1S/C13H16/c1-4-11(2)12(3)10-13-8-6-5-7-9-13/h4-11H,1H2,2-3H3/b12-10+. The smallest absolute Gasteiger partial charge is 0.00538 e. The monoisotopic (exact) mass is 172 g/mol. The van der Waals surface area contributed by atoms with E-state index in [-0.39, 0.29) is 0 Å². The molecule has 1 aromatic carbocycles. The number of hydrogen-bond donors (Lipinski definition) is 0. The Bertz CT molecular complexity index is 293. The summed E-state index contributed by atoms with van der Waals surface area (Å²) in [7, 11) is 0. The first-order valence-corrected chi connectivity index (χ1v) is 4.60. The third-order valence-corrected chi connectivity index (χ3v) is 2.27. The molecule has 0 heterocycles. The van der Waals surface area contributed by atoms with Crippen LogP contribution in [0.5, 0.6) is 0 Å². The fourth-order valence-electron chi connectivity index (χ4n) is 1.13. The molecule has 0 spiro atoms. The molecule has 13 heavy (non-hydrogen) atoms. The molecule has 1 atom stereocenters. The first-order valence-electron chi connectivity index (χ1n) is 4.60. The minimum absolute atomic E-state index is 0.459. The molecule has 0 saturated heterocycles. The topological polar surface area (TPSA) is 0 Å². The predicted molar refractivity (Wildman–Crippen MR) is 59.5 cm³/mol. The molecule has 0 amide bonds. The summed E-state index contributed by atoms with van der Waals surface area (Å²) in [6, 6.07) is 10.4. The van der Waals surface area contributed by atoms with Gasteiger partial charge in [-0.25, -0.2) is 0 Å². The summed E-state index contributed by atoms with van der Waals surface area (Å²) < 4.78 is 0. The second kappa shape index (κ2) is 4.66. The molecule has 0 aliphatic carbocycles. The highest BCUT2D eigenvalue weighted by atomic mass is 14.0. The molecule has 0 heteroatoms. The van der Waals surface area contributed by atoms with Crippen molar-refractivity contribution in [1.29, 1.82) is 0 Å². The van der Waals surface area contributed by atoms with Crippen LogP contribution in [0.2, 0.25) is 0 Å². The van der Waals surface area contributed by atoms with Gasteiger partial charge in [0.25, 0.3) is 0 Å². The zero-order valence-electron chi connectivity index (χ0n) is 8.33. The maximum atomic E-state index is 3.78. The van der Waals surface area contributed by atoms with Crippen LogP contribution in [0.3, 0.4) is 0 Å². The lowest BCUT2D eigenvalue weighted by Gasteiger charge is -2.05. The molecule has 0 aliphatic heterocycles. The van der Waals surface area contributed by atoms with Crippen LogP contribution in [0, 0.1) is 5.92 Å². The van der Waals surface area contributed by atoms with Crippen molar-refractivity contribution in [3.05, 3.63) is 54.1 Å². The number of hydrogen-bond acceptors (Lipinski definition) is 0. The summed E-state index contributed by atoms with van der Waals surface area (Å²) >= 11 is 0. The van der Waals surface area contributed by atoms with Crippen LogP contribution in [-0.2, 0) is 0 Å². The van der Waals surface area contributed by atoms with Crippen LogP contribution in [-0.4, -0.2) is 0 Å². The van der Waals surface area contributed by atoms with Gasteiger partial charge in [0.05, 0.1) is 0 Å². The van der Waals surface area contributed by atoms with Gasteiger partial charge < -0.3 is 0 Å². The minimum atomic E-state index is 0.459. The number of rotatable bonds is 3. The van der Waals surface area contributed by atoms with Gasteiger partial charge in [-0.05, 0) is 18.4 Å². The molecule has 0 aromatic heterocycles. The van der Waals surface area contributed by atoms with Crippen molar-refractivity contribution in [1.82, 2.24) is 0 Å². The fourth-order valence-corrected chi connectivity index (χ4v) is 1.13. The van der Waals surface area contributed by atoms with E-state index in [0.29, 0.717) is 5.92 Å². The van der Waals surface area contributed by atoms with Gasteiger partial charge in [0.1, 0.15) is 0 Å². The van der Waals surface area contributed by atoms with Crippen molar-refractivity contribution in [2.24, 2.45) is 5.92 Å². The van der Waals surface area contributed by atoms with Crippen LogP contribution < -0.4 is 0 Å². The highest BCUT2D eigenvalue weighted by Gasteiger charge is 1.97. The third-order valence-electron chi connectivity index (χ3n) is 2.27. The summed E-state index contributed by atoms with van der Waals surface area (Å²) in [5.41, 5.74) is 2.61. The Morgan fingerprint density at radius 3 is 2.46 bits per heavy atom. The zero-order chi connectivity index (χ0) is 9.68. The van der Waals surface area contributed by atoms with E-state index in [9.17, 15) is 0 Å². The van der Waals surface area contributed by atoms with E-state index in [4.69, 9.17) is 0 Å². The maximum absolute atomic E-state index is 3.78. The van der Waals surface area contributed by atoms with Gasteiger partial charge in [0.15, 0.2) is 0 Å². The quantitative estimate of drug-likeness (QED) is 0.606. The van der Waals surface area contributed by atoms with E-state index in [0.717, 1.165) is 0 Å². The summed E-state index contributed by atoms with van der Waals surface area (Å²) in [5, 5.41) is 0. The Hall–Kier alpha value is -1.30. The van der Waals surface area contributed by atoms with Gasteiger partial charge in [-0.3, -0.25) is 0 Å². The summed E-state index contributed by atoms with van der Waals surface area (Å²) in [5.74, 6) is 0.459. The molecule has 0 bridgehead atoms. The average Bonchev–Trinajstić information content (AvgIpc) is 2.18. The third kappa shape index (κ3) is 2.90. The molecule has 0 fully saturated rings. The Labute approximate surface area is 80.6 Å². The molecule has 1 unspecified atom stereocenters. The Balaban J connectivity index is 2.82. The second-order valence-electron chi connectivity index (χ2n) is 3.32. The highest BCUT2D eigenvalue weighted by molar-refractivity contribution is 5.52. The lowest BCUT2D eigenvalue weighted by atomic mass is 10.0. The summed E-state index contributed by atoms with van der Waals surface area (Å²) in [6.45, 7) is 8.08. The molecule has 0 radical (unpaired) electrons. The lowest BCUT2D eigenvalue weighted by Crippen LogP contribution is -1.89. The van der Waals surface area contributed by atoms with Crippen LogP contribution in [0.25, 0.3) is 6.08 Å². The van der Waals surface area contributed by atoms with Gasteiger partial charge in [-0.15, -0.1) is 6.58 Å². The molecular formula is C13H16. The average molecular weight is 172 g/mol. The van der Waals surface area contributed by atoms with Gasteiger partial charge in [0, 0.05) is 0 Å². The molecule has 68 valence electrons. The molecule has 1 aromatic rings. The van der Waals surface area contributed by atoms with Crippen molar-refractivity contribution in [3.63, 3.8) is 0 Å². The van der Waals surface area contributed by atoms with E-state index in [1.165, 1.54) is 11.1 Å². The zero-order valence-corrected chi connectivity index (χ0v) is 8.33. The Morgan fingerprint density at radius 2 is 1.92 bits per heavy atom. The van der Waals surface area contributed by atoms with Crippen molar-refractivity contribution >= 4 is 6.08 Å². The van der Waals surface area contributed by atoms with Crippen molar-refractivity contribution in [2.45, 2.75) is 13.8 Å². The molecule has 0 aliphatic rings. The van der Waals surface area contributed by atoms with Gasteiger partial charge in [0.2, 0.25) is 0 Å². The van der Waals surface area contributed by atoms with E-state index < -0.39 is 0 Å². The number of allylic oxidation sites excluding steroid dienone is 2. The molecule has 0 N–H and O–H groups in total. The highest BCUT2D eigenvalue weighted by Crippen LogP contribution is 2.14. The van der Waals surface area contributed by atoms with Crippen LogP contribution >= 0.6 is 0 Å². The Morgan fingerprint density at radius 1 is 1.31 bits per heavy atom. The molecule has 0 saturated carbocycles. The normalized spacial score (nSPS) is 13.8. The first-order chi connectivity index (χ1) is 6.24. The minimum Gasteiger partial charge on any atom is -0.102 e. The summed E-state index contributed by atoms with van der Waals surface area (Å²) in [4.78, 5) is 0. The van der Waals surface area contributed by atoms with Gasteiger partial charge in [-0.1, -0.05) is 55.0 Å². The fraction of sp³-hybridized carbons (Fsp3) is 0.231.